The maximum absolute atomic E-state index is 12.5. The molecule has 4 N–H and O–H groups in total. The van der Waals surface area contributed by atoms with E-state index in [0.29, 0.717) is 29.3 Å². The minimum Gasteiger partial charge on any atom is -0.397 e. The van der Waals surface area contributed by atoms with Crippen LogP contribution in [0.2, 0.25) is 0 Å². The lowest BCUT2D eigenvalue weighted by molar-refractivity contribution is 0.0383. The number of H-pyrrole nitrogens is 1. The van der Waals surface area contributed by atoms with Crippen LogP contribution in [0.25, 0.3) is 0 Å². The zero-order chi connectivity index (χ0) is 19.4. The summed E-state index contributed by atoms with van der Waals surface area (Å²) in [6, 6.07) is 3.29. The molecule has 27 heavy (non-hydrogen) atoms. The molecule has 0 spiro atoms. The molecule has 0 aromatic carbocycles. The molecule has 0 bridgehead atoms. The Morgan fingerprint density at radius 1 is 1.33 bits per heavy atom. The van der Waals surface area contributed by atoms with Crippen LogP contribution >= 0.6 is 0 Å². The number of nitrogens with one attached hydrogen (secondary N) is 2. The van der Waals surface area contributed by atoms with E-state index in [1.54, 1.807) is 43.2 Å². The maximum Gasteiger partial charge on any atom is 0.274 e. The van der Waals surface area contributed by atoms with Crippen molar-refractivity contribution in [1.29, 1.82) is 0 Å². The van der Waals surface area contributed by atoms with Crippen molar-refractivity contribution in [2.45, 2.75) is 0 Å². The van der Waals surface area contributed by atoms with E-state index in [2.05, 4.69) is 15.2 Å². The number of morpholine rings is 1. The molecule has 9 nitrogen and oxygen atoms in total. The predicted molar refractivity (Wildman–Crippen MR) is 103 cm³/mol. The molecule has 1 aliphatic heterocycles. The summed E-state index contributed by atoms with van der Waals surface area (Å²) in [5.74, 6) is -0.390. The van der Waals surface area contributed by atoms with Gasteiger partial charge in [0, 0.05) is 58.4 Å². The summed E-state index contributed by atoms with van der Waals surface area (Å²) < 4.78 is 7.03. The van der Waals surface area contributed by atoms with Gasteiger partial charge in [0.2, 0.25) is 0 Å². The summed E-state index contributed by atoms with van der Waals surface area (Å²) in [5.41, 5.74) is 7.68. The molecule has 146 valence electrons. The van der Waals surface area contributed by atoms with E-state index in [1.165, 1.54) is 4.90 Å². The molecule has 0 atom stereocenters. The molecule has 1 saturated heterocycles. The van der Waals surface area contributed by atoms with Gasteiger partial charge < -0.3 is 30.2 Å². The summed E-state index contributed by atoms with van der Waals surface area (Å²) in [5, 5.41) is 2.94. The Hall–Kier alpha value is -2.78. The smallest absolute Gasteiger partial charge is 0.274 e. The van der Waals surface area contributed by atoms with Crippen LogP contribution in [0.4, 0.5) is 11.4 Å². The van der Waals surface area contributed by atoms with Gasteiger partial charge in [-0.1, -0.05) is 0 Å². The number of amides is 2. The SMILES string of the molecule is CN(C(=O)c1cc(N)c[nH]1)c1cc(C(=O)NCCN2CCOCC2)n(C)c1. The molecule has 1 aliphatic rings. The second-order valence-corrected chi connectivity index (χ2v) is 6.62. The fourth-order valence-corrected chi connectivity index (χ4v) is 3.03. The largest absolute Gasteiger partial charge is 0.397 e. The van der Waals surface area contributed by atoms with Crippen LogP contribution in [-0.4, -0.2) is 72.7 Å². The van der Waals surface area contributed by atoms with E-state index >= 15 is 0 Å². The number of aryl methyl sites for hydroxylation is 1. The van der Waals surface area contributed by atoms with Gasteiger partial charge in [0.25, 0.3) is 11.8 Å². The maximum atomic E-state index is 12.5. The summed E-state index contributed by atoms with van der Waals surface area (Å²) in [4.78, 5) is 31.6. The van der Waals surface area contributed by atoms with Gasteiger partial charge in [-0.15, -0.1) is 0 Å². The summed E-state index contributed by atoms with van der Waals surface area (Å²) >= 11 is 0. The highest BCUT2D eigenvalue weighted by molar-refractivity contribution is 6.05. The van der Waals surface area contributed by atoms with E-state index in [9.17, 15) is 9.59 Å². The van der Waals surface area contributed by atoms with Gasteiger partial charge in [0.1, 0.15) is 11.4 Å². The van der Waals surface area contributed by atoms with E-state index in [0.717, 1.165) is 32.8 Å². The molecule has 3 rings (SSSR count). The van der Waals surface area contributed by atoms with Crippen LogP contribution in [0, 0.1) is 0 Å². The van der Waals surface area contributed by atoms with Crippen LogP contribution in [0.5, 0.6) is 0 Å². The van der Waals surface area contributed by atoms with Crippen molar-refractivity contribution in [2.24, 2.45) is 7.05 Å². The third-order valence-corrected chi connectivity index (χ3v) is 4.67. The van der Waals surface area contributed by atoms with Crippen molar-refractivity contribution >= 4 is 23.2 Å². The number of nitrogens with two attached hydrogens (primary N) is 1. The number of aromatic nitrogens is 2. The molecular weight excluding hydrogens is 348 g/mol. The first kappa shape index (κ1) is 19.0. The number of carbonyl (C=O) groups is 2. The fraction of sp³-hybridized carbons (Fsp3) is 0.444. The monoisotopic (exact) mass is 374 g/mol. The zero-order valence-corrected chi connectivity index (χ0v) is 15.7. The molecule has 2 aromatic heterocycles. The molecule has 0 radical (unpaired) electrons. The van der Waals surface area contributed by atoms with Gasteiger partial charge in [0.05, 0.1) is 18.9 Å². The number of hydrogen-bond donors (Lipinski definition) is 3. The van der Waals surface area contributed by atoms with Gasteiger partial charge >= 0.3 is 0 Å². The molecule has 0 unspecified atom stereocenters. The minimum absolute atomic E-state index is 0.165. The number of carbonyl (C=O) groups excluding carboxylic acids is 2. The molecule has 2 aromatic rings. The number of rotatable bonds is 6. The fourth-order valence-electron chi connectivity index (χ4n) is 3.03. The number of anilines is 2. The number of hydrogen-bond acceptors (Lipinski definition) is 5. The normalized spacial score (nSPS) is 14.9. The van der Waals surface area contributed by atoms with E-state index in [1.807, 2.05) is 0 Å². The number of nitrogens with zero attached hydrogens (tertiary/aromatic N) is 3. The molecule has 3 heterocycles. The molecule has 1 fully saturated rings. The lowest BCUT2D eigenvalue weighted by Gasteiger charge is -2.26. The predicted octanol–water partition coefficient (Wildman–Crippen LogP) is 0.274. The van der Waals surface area contributed by atoms with E-state index < -0.39 is 0 Å². The van der Waals surface area contributed by atoms with Gasteiger partial charge in [-0.3, -0.25) is 14.5 Å². The first-order valence-electron chi connectivity index (χ1n) is 8.92. The van der Waals surface area contributed by atoms with Crippen LogP contribution < -0.4 is 16.0 Å². The Balaban J connectivity index is 1.59. The van der Waals surface area contributed by atoms with Gasteiger partial charge in [0.15, 0.2) is 0 Å². The number of aromatic amines is 1. The summed E-state index contributed by atoms with van der Waals surface area (Å²) in [6.45, 7) is 4.61. The average Bonchev–Trinajstić information content (AvgIpc) is 3.27. The topological polar surface area (TPSA) is 109 Å². The molecule has 0 aliphatic carbocycles. The second kappa shape index (κ2) is 8.28. The lowest BCUT2D eigenvalue weighted by Crippen LogP contribution is -2.41. The third kappa shape index (κ3) is 4.50. The van der Waals surface area contributed by atoms with Crippen molar-refractivity contribution in [3.63, 3.8) is 0 Å². The zero-order valence-electron chi connectivity index (χ0n) is 15.7. The van der Waals surface area contributed by atoms with Crippen molar-refractivity contribution in [3.05, 3.63) is 35.9 Å². The molecule has 2 amide bonds. The van der Waals surface area contributed by atoms with Gasteiger partial charge in [-0.2, -0.15) is 0 Å². The van der Waals surface area contributed by atoms with Crippen molar-refractivity contribution < 1.29 is 14.3 Å². The molecular formula is C18H26N6O3. The molecule has 0 saturated carbocycles. The number of ether oxygens (including phenoxy) is 1. The highest BCUT2D eigenvalue weighted by atomic mass is 16.5. The van der Waals surface area contributed by atoms with E-state index in [-0.39, 0.29) is 11.8 Å². The highest BCUT2D eigenvalue weighted by Crippen LogP contribution is 2.19. The first-order chi connectivity index (χ1) is 13.0. The first-order valence-corrected chi connectivity index (χ1v) is 8.92. The van der Waals surface area contributed by atoms with Crippen molar-refractivity contribution in [2.75, 3.05) is 57.1 Å². The Bertz CT molecular complexity index is 806. The quantitative estimate of drug-likeness (QED) is 0.673. The summed E-state index contributed by atoms with van der Waals surface area (Å²) in [7, 11) is 3.44. The second-order valence-electron chi connectivity index (χ2n) is 6.62. The Labute approximate surface area is 158 Å². The molecule has 9 heteroatoms. The standard InChI is InChI=1S/C18H26N6O3/c1-22-12-14(23(2)18(26)15-9-13(19)11-21-15)10-16(22)17(25)20-3-4-24-5-7-27-8-6-24/h9-12,21H,3-8,19H2,1-2H3,(H,20,25). The van der Waals surface area contributed by atoms with Crippen LogP contribution in [0.15, 0.2) is 24.5 Å². The third-order valence-electron chi connectivity index (χ3n) is 4.67. The van der Waals surface area contributed by atoms with Crippen LogP contribution in [0.1, 0.15) is 21.0 Å². The van der Waals surface area contributed by atoms with Gasteiger partial charge in [-0.25, -0.2) is 0 Å². The van der Waals surface area contributed by atoms with Crippen LogP contribution in [-0.2, 0) is 11.8 Å². The van der Waals surface area contributed by atoms with E-state index in [4.69, 9.17) is 10.5 Å². The average molecular weight is 374 g/mol. The van der Waals surface area contributed by atoms with Crippen molar-refractivity contribution in [1.82, 2.24) is 19.8 Å². The van der Waals surface area contributed by atoms with Crippen molar-refractivity contribution in [3.8, 4) is 0 Å². The highest BCUT2D eigenvalue weighted by Gasteiger charge is 2.19. The Kier molecular flexibility index (Phi) is 5.82. The lowest BCUT2D eigenvalue weighted by atomic mass is 10.3. The number of nitrogen functional groups attached to an aromatic ring is 1. The summed E-state index contributed by atoms with van der Waals surface area (Å²) in [6.07, 6.45) is 3.32. The van der Waals surface area contributed by atoms with Gasteiger partial charge in [-0.05, 0) is 12.1 Å². The Morgan fingerprint density at radius 2 is 2.07 bits per heavy atom. The minimum atomic E-state index is -0.225. The van der Waals surface area contributed by atoms with Crippen LogP contribution in [0.3, 0.4) is 0 Å². The Morgan fingerprint density at radius 3 is 2.74 bits per heavy atom.